The summed E-state index contributed by atoms with van der Waals surface area (Å²) in [7, 11) is 0. The van der Waals surface area contributed by atoms with Crippen molar-refractivity contribution in [2.24, 2.45) is 17.8 Å². The van der Waals surface area contributed by atoms with Gasteiger partial charge in [0.25, 0.3) is 0 Å². The van der Waals surface area contributed by atoms with Crippen LogP contribution in [0.3, 0.4) is 0 Å². The molecular weight excluding hydrogens is 570 g/mol. The summed E-state index contributed by atoms with van der Waals surface area (Å²) in [5.41, 5.74) is -1.38. The Hall–Kier alpha value is -2.24. The summed E-state index contributed by atoms with van der Waals surface area (Å²) < 4.78 is 12.8. The lowest BCUT2D eigenvalue weighted by molar-refractivity contribution is -0.159. The Balaban J connectivity index is 1.84. The lowest BCUT2D eigenvalue weighted by Crippen LogP contribution is -2.59. The number of esters is 1. The highest BCUT2D eigenvalue weighted by atomic mass is 79.9. The molecule has 4 aliphatic rings. The van der Waals surface area contributed by atoms with Crippen LogP contribution in [0, 0.1) is 17.8 Å². The first-order valence-electron chi connectivity index (χ1n) is 13.8. The number of rotatable bonds is 5. The number of carbonyl (C=O) groups is 4. The van der Waals surface area contributed by atoms with E-state index in [2.05, 4.69) is 21.2 Å². The van der Waals surface area contributed by atoms with Crippen molar-refractivity contribution >= 4 is 39.6 Å². The van der Waals surface area contributed by atoms with Gasteiger partial charge < -0.3 is 29.7 Å². The van der Waals surface area contributed by atoms with E-state index in [0.717, 1.165) is 0 Å². The third kappa shape index (κ3) is 5.41. The number of hydrogen-bond acceptors (Lipinski definition) is 7. The molecule has 0 radical (unpaired) electrons. The van der Waals surface area contributed by atoms with Crippen LogP contribution >= 0.6 is 15.9 Å². The predicted molar refractivity (Wildman–Crippen MR) is 146 cm³/mol. The van der Waals surface area contributed by atoms with Crippen LogP contribution in [0.25, 0.3) is 0 Å². The molecule has 216 valence electrons. The molecule has 0 aromatic rings. The number of halogens is 1. The Kier molecular flexibility index (Phi) is 8.92. The van der Waals surface area contributed by atoms with Crippen LogP contribution in [0.2, 0.25) is 0 Å². The fourth-order valence-corrected chi connectivity index (χ4v) is 7.05. The van der Waals surface area contributed by atoms with Crippen molar-refractivity contribution in [3.8, 4) is 0 Å². The van der Waals surface area contributed by atoms with Gasteiger partial charge in [-0.1, -0.05) is 41.9 Å². The zero-order valence-electron chi connectivity index (χ0n) is 23.3. The van der Waals surface area contributed by atoms with E-state index < -0.39 is 53.6 Å². The summed E-state index contributed by atoms with van der Waals surface area (Å²) in [5, 5.41) is 13.2. The van der Waals surface area contributed by atoms with Crippen LogP contribution in [0.5, 0.6) is 0 Å². The van der Waals surface area contributed by atoms with Crippen LogP contribution in [0.4, 0.5) is 0 Å². The highest BCUT2D eigenvalue weighted by Crippen LogP contribution is 2.59. The maximum atomic E-state index is 14.4. The highest BCUT2D eigenvalue weighted by molar-refractivity contribution is 9.11. The average Bonchev–Trinajstić information content (AvgIpc) is 3.45. The number of ether oxygens (including phenoxy) is 2. The number of allylic oxidation sites excluding steroid dienone is 1. The first-order valence-corrected chi connectivity index (χ1v) is 14.6. The van der Waals surface area contributed by atoms with Gasteiger partial charge in [0.05, 0.1) is 25.1 Å². The van der Waals surface area contributed by atoms with Crippen molar-refractivity contribution in [2.45, 2.75) is 89.8 Å². The molecule has 39 heavy (non-hydrogen) atoms. The summed E-state index contributed by atoms with van der Waals surface area (Å²) in [6.07, 6.45) is 5.33. The minimum atomic E-state index is -1.38. The molecule has 0 aliphatic carbocycles. The van der Waals surface area contributed by atoms with Crippen molar-refractivity contribution in [3.05, 3.63) is 22.7 Å². The minimum Gasteiger partial charge on any atom is -0.460 e. The smallest absolute Gasteiger partial charge is 0.313 e. The normalized spacial score (nSPS) is 35.3. The van der Waals surface area contributed by atoms with Crippen molar-refractivity contribution < 1.29 is 33.8 Å². The van der Waals surface area contributed by atoms with Gasteiger partial charge in [-0.2, -0.15) is 0 Å². The molecule has 0 aromatic carbocycles. The molecule has 4 rings (SSSR count). The topological polar surface area (TPSA) is 125 Å². The Morgan fingerprint density at radius 2 is 1.87 bits per heavy atom. The van der Waals surface area contributed by atoms with Gasteiger partial charge in [0.15, 0.2) is 0 Å². The fourth-order valence-electron chi connectivity index (χ4n) is 6.32. The molecule has 0 unspecified atom stereocenters. The zero-order chi connectivity index (χ0) is 28.6. The predicted octanol–water partition coefficient (Wildman–Crippen LogP) is 1.90. The lowest BCUT2D eigenvalue weighted by atomic mass is 9.74. The Morgan fingerprint density at radius 1 is 1.15 bits per heavy atom. The van der Waals surface area contributed by atoms with Crippen LogP contribution in [-0.4, -0.2) is 94.2 Å². The number of hydrogen-bond donors (Lipinski definition) is 2. The summed E-state index contributed by atoms with van der Waals surface area (Å²) >= 11 is 3.53. The van der Waals surface area contributed by atoms with Crippen LogP contribution < -0.4 is 5.32 Å². The second-order valence-corrected chi connectivity index (χ2v) is 12.6. The second kappa shape index (κ2) is 11.7. The molecule has 2 fully saturated rings. The molecule has 2 saturated heterocycles. The van der Waals surface area contributed by atoms with E-state index in [1.54, 1.807) is 17.9 Å². The van der Waals surface area contributed by atoms with E-state index in [4.69, 9.17) is 9.47 Å². The standard InChI is InChI=1S/C28H40BrN3O7/c1-15(2)11-18(14-33)32-24-26(36)31(16(3)4)10-8-6-7-9-20(34)30-13-17(5)38-27(37)21-22(25(32)35)28(24)12-19(29)23(21)39-28/h6,8,12,15-18,21-24,33H,7,9-11,13-14H2,1-5H3,(H,30,34)/b8-6-/t17-,18-,21+,22-,23+,24+,28-/m1/s1. The fraction of sp³-hybridized carbons (Fsp3) is 0.714. The molecule has 4 aliphatic heterocycles. The first kappa shape index (κ1) is 29.7. The molecule has 3 amide bonds. The number of cyclic esters (lactones) is 1. The Labute approximate surface area is 238 Å². The van der Waals surface area contributed by atoms with Crippen molar-refractivity contribution in [1.82, 2.24) is 15.1 Å². The summed E-state index contributed by atoms with van der Waals surface area (Å²) in [6, 6.07) is -1.89. The van der Waals surface area contributed by atoms with Crippen molar-refractivity contribution in [1.29, 1.82) is 0 Å². The number of carbonyl (C=O) groups excluding carboxylic acids is 4. The van der Waals surface area contributed by atoms with Gasteiger partial charge in [-0.15, -0.1) is 0 Å². The molecule has 5 bridgehead atoms. The third-order valence-corrected chi connectivity index (χ3v) is 8.71. The van der Waals surface area contributed by atoms with E-state index in [-0.39, 0.29) is 49.9 Å². The summed E-state index contributed by atoms with van der Waals surface area (Å²) in [6.45, 7) is 9.57. The van der Waals surface area contributed by atoms with Gasteiger partial charge >= 0.3 is 5.97 Å². The van der Waals surface area contributed by atoms with Crippen LogP contribution in [0.15, 0.2) is 22.7 Å². The lowest BCUT2D eigenvalue weighted by Gasteiger charge is -2.40. The molecule has 0 saturated carbocycles. The Morgan fingerprint density at radius 3 is 2.51 bits per heavy atom. The largest absolute Gasteiger partial charge is 0.460 e. The second-order valence-electron chi connectivity index (χ2n) is 11.7. The number of nitrogens with one attached hydrogen (secondary N) is 1. The molecule has 4 heterocycles. The first-order chi connectivity index (χ1) is 18.4. The monoisotopic (exact) mass is 609 g/mol. The number of aliphatic hydroxyl groups is 1. The van der Waals surface area contributed by atoms with Crippen molar-refractivity contribution in [3.63, 3.8) is 0 Å². The average molecular weight is 611 g/mol. The summed E-state index contributed by atoms with van der Waals surface area (Å²) in [5.74, 6) is -3.29. The molecule has 0 aromatic heterocycles. The van der Waals surface area contributed by atoms with Gasteiger partial charge in [0.2, 0.25) is 17.7 Å². The van der Waals surface area contributed by atoms with Gasteiger partial charge in [0, 0.05) is 23.5 Å². The van der Waals surface area contributed by atoms with Gasteiger partial charge in [-0.25, -0.2) is 0 Å². The quantitative estimate of drug-likeness (QED) is 0.360. The number of aliphatic hydroxyl groups excluding tert-OH is 1. The van der Waals surface area contributed by atoms with Gasteiger partial charge in [0.1, 0.15) is 29.8 Å². The Bertz CT molecular complexity index is 1060. The number of fused-ring (bicyclic) bond motifs is 2. The number of nitrogens with zero attached hydrogens (tertiary/aromatic N) is 2. The van der Waals surface area contributed by atoms with E-state index in [1.165, 1.54) is 4.90 Å². The maximum absolute atomic E-state index is 14.4. The summed E-state index contributed by atoms with van der Waals surface area (Å²) in [4.78, 5) is 57.7. The van der Waals surface area contributed by atoms with Crippen LogP contribution in [-0.2, 0) is 28.7 Å². The highest BCUT2D eigenvalue weighted by Gasteiger charge is 2.75. The molecule has 11 heteroatoms. The number of amides is 3. The van der Waals surface area contributed by atoms with Gasteiger partial charge in [-0.3, -0.25) is 19.2 Å². The maximum Gasteiger partial charge on any atom is 0.313 e. The molecule has 1 spiro atoms. The minimum absolute atomic E-state index is 0.142. The molecule has 10 nitrogen and oxygen atoms in total. The molecule has 7 atom stereocenters. The van der Waals surface area contributed by atoms with Crippen LogP contribution in [0.1, 0.15) is 53.9 Å². The van der Waals surface area contributed by atoms with E-state index >= 15 is 0 Å². The third-order valence-electron chi connectivity index (χ3n) is 8.03. The van der Waals surface area contributed by atoms with Gasteiger partial charge in [-0.05, 0) is 45.6 Å². The van der Waals surface area contributed by atoms with E-state index in [0.29, 0.717) is 17.3 Å². The van der Waals surface area contributed by atoms with Crippen molar-refractivity contribution in [2.75, 3.05) is 19.7 Å². The SMILES string of the molecule is CC(C)C[C@H](CO)N1C(=O)[C@H]2[C@@H]3C(=O)O[C@H](C)CNC(=O)CC/C=C\CN(C(C)C)C(=O)[C@H]1[C@@]21C=C(Br)[C@@H]3O1. The molecular formula is C28H40BrN3O7. The number of likely N-dealkylation sites (tertiary alicyclic amines) is 1. The van der Waals surface area contributed by atoms with E-state index in [1.807, 2.05) is 39.8 Å². The molecule has 2 N–H and O–H groups in total. The zero-order valence-corrected chi connectivity index (χ0v) is 24.8. The van der Waals surface area contributed by atoms with E-state index in [9.17, 15) is 24.3 Å².